The molecule has 3 aromatic carbocycles. The maximum atomic E-state index is 13.8. The molecule has 0 fully saturated rings. The van der Waals surface area contributed by atoms with Crippen molar-refractivity contribution in [3.8, 4) is 16.9 Å². The molecule has 208 valence electrons. The van der Waals surface area contributed by atoms with E-state index in [-0.39, 0.29) is 35.6 Å². The van der Waals surface area contributed by atoms with Crippen molar-refractivity contribution in [1.82, 2.24) is 9.21 Å². The summed E-state index contributed by atoms with van der Waals surface area (Å²) in [6, 6.07) is 19.3. The standard InChI is InChI=1S/C30H36N2O6S/c1-20-7-5-6-8-26(20)25-13-14-29-27(15-25)38-28(21(2)16-32(22(3)19-33)39(29,36)37)18-31(4)17-23-9-11-24(12-10-23)30(34)35/h5-15,21-22,28,33H,16-19H2,1-4H3,(H,34,35)/t21-,22-,28-/m1/s1. The van der Waals surface area contributed by atoms with E-state index in [2.05, 4.69) is 4.90 Å². The summed E-state index contributed by atoms with van der Waals surface area (Å²) < 4.78 is 35.4. The van der Waals surface area contributed by atoms with E-state index in [0.29, 0.717) is 18.8 Å². The summed E-state index contributed by atoms with van der Waals surface area (Å²) in [5.74, 6) is -0.852. The zero-order valence-corrected chi connectivity index (χ0v) is 23.6. The van der Waals surface area contributed by atoms with E-state index in [1.165, 1.54) is 4.31 Å². The number of hydrogen-bond donors (Lipinski definition) is 2. The van der Waals surface area contributed by atoms with Crippen LogP contribution in [0, 0.1) is 12.8 Å². The third-order valence-corrected chi connectivity index (χ3v) is 9.29. The highest BCUT2D eigenvalue weighted by Crippen LogP contribution is 2.37. The van der Waals surface area contributed by atoms with Crippen LogP contribution >= 0.6 is 0 Å². The van der Waals surface area contributed by atoms with E-state index >= 15 is 0 Å². The van der Waals surface area contributed by atoms with Gasteiger partial charge in [-0.25, -0.2) is 13.2 Å². The summed E-state index contributed by atoms with van der Waals surface area (Å²) in [6.45, 7) is 6.67. The van der Waals surface area contributed by atoms with Gasteiger partial charge in [0.15, 0.2) is 0 Å². The Morgan fingerprint density at radius 1 is 1.13 bits per heavy atom. The SMILES string of the molecule is Cc1ccccc1-c1ccc2c(c1)O[C@H](CN(C)Cc1ccc(C(=O)O)cc1)[C@H](C)CN([C@H](C)CO)S2(=O)=O. The lowest BCUT2D eigenvalue weighted by Crippen LogP contribution is -2.49. The van der Waals surface area contributed by atoms with Gasteiger partial charge >= 0.3 is 5.97 Å². The molecule has 0 radical (unpaired) electrons. The highest BCUT2D eigenvalue weighted by molar-refractivity contribution is 7.89. The Hall–Kier alpha value is -3.24. The molecule has 4 rings (SSSR count). The Bertz CT molecular complexity index is 1420. The van der Waals surface area contributed by atoms with E-state index in [0.717, 1.165) is 22.3 Å². The molecule has 3 atom stereocenters. The minimum Gasteiger partial charge on any atom is -0.487 e. The molecule has 0 spiro atoms. The quantitative estimate of drug-likeness (QED) is 0.430. The Labute approximate surface area is 230 Å². The van der Waals surface area contributed by atoms with Crippen LogP contribution in [0.25, 0.3) is 11.1 Å². The average molecular weight is 553 g/mol. The van der Waals surface area contributed by atoms with Crippen LogP contribution in [0.1, 0.15) is 35.3 Å². The molecule has 0 aliphatic carbocycles. The van der Waals surface area contributed by atoms with E-state index in [4.69, 9.17) is 9.84 Å². The number of carboxylic acids is 1. The van der Waals surface area contributed by atoms with Crippen molar-refractivity contribution in [2.24, 2.45) is 5.92 Å². The first-order chi connectivity index (χ1) is 18.5. The number of aliphatic hydroxyl groups is 1. The minimum atomic E-state index is -3.92. The number of rotatable bonds is 8. The molecule has 1 aliphatic heterocycles. The number of aliphatic hydroxyl groups excluding tert-OH is 1. The van der Waals surface area contributed by atoms with E-state index < -0.39 is 22.0 Å². The molecule has 0 aromatic heterocycles. The molecule has 0 amide bonds. The van der Waals surface area contributed by atoms with Gasteiger partial charge in [0.25, 0.3) is 0 Å². The third kappa shape index (κ3) is 6.33. The van der Waals surface area contributed by atoms with Crippen molar-refractivity contribution in [3.63, 3.8) is 0 Å². The lowest BCUT2D eigenvalue weighted by atomic mass is 10.00. The lowest BCUT2D eigenvalue weighted by Gasteiger charge is -2.37. The van der Waals surface area contributed by atoms with Crippen LogP contribution in [0.4, 0.5) is 0 Å². The topological polar surface area (TPSA) is 107 Å². The summed E-state index contributed by atoms with van der Waals surface area (Å²) in [4.78, 5) is 13.3. The first-order valence-corrected chi connectivity index (χ1v) is 14.5. The predicted molar refractivity (Wildman–Crippen MR) is 150 cm³/mol. The molecule has 1 heterocycles. The van der Waals surface area contributed by atoms with Gasteiger partial charge in [-0.15, -0.1) is 0 Å². The Kier molecular flexibility index (Phi) is 8.76. The summed E-state index contributed by atoms with van der Waals surface area (Å²) in [7, 11) is -1.97. The van der Waals surface area contributed by atoms with Crippen LogP contribution in [0.3, 0.4) is 0 Å². The number of ether oxygens (including phenoxy) is 1. The molecule has 0 bridgehead atoms. The van der Waals surface area contributed by atoms with Crippen molar-refractivity contribution in [2.45, 2.75) is 44.4 Å². The second-order valence-corrected chi connectivity index (χ2v) is 12.3. The van der Waals surface area contributed by atoms with Gasteiger partial charge in [-0.1, -0.05) is 49.4 Å². The van der Waals surface area contributed by atoms with Crippen LogP contribution in [0.2, 0.25) is 0 Å². The first kappa shape index (κ1) is 28.8. The summed E-state index contributed by atoms with van der Waals surface area (Å²) in [5.41, 5.74) is 4.12. The number of aromatic carboxylic acids is 1. The predicted octanol–water partition coefficient (Wildman–Crippen LogP) is 4.26. The van der Waals surface area contributed by atoms with Crippen LogP contribution in [0.5, 0.6) is 5.75 Å². The Morgan fingerprint density at radius 2 is 1.82 bits per heavy atom. The maximum Gasteiger partial charge on any atom is 0.335 e. The summed E-state index contributed by atoms with van der Waals surface area (Å²) >= 11 is 0. The second-order valence-electron chi connectivity index (χ2n) is 10.4. The van der Waals surface area contributed by atoms with E-state index in [9.17, 15) is 18.3 Å². The highest BCUT2D eigenvalue weighted by atomic mass is 32.2. The molecule has 9 heteroatoms. The van der Waals surface area contributed by atoms with Gasteiger partial charge in [0.05, 0.1) is 12.2 Å². The zero-order chi connectivity index (χ0) is 28.3. The number of fused-ring (bicyclic) bond motifs is 1. The molecule has 8 nitrogen and oxygen atoms in total. The number of hydrogen-bond acceptors (Lipinski definition) is 6. The van der Waals surface area contributed by atoms with Gasteiger partial charge in [-0.3, -0.25) is 4.90 Å². The minimum absolute atomic E-state index is 0.0870. The van der Waals surface area contributed by atoms with Crippen molar-refractivity contribution in [2.75, 3.05) is 26.7 Å². The largest absolute Gasteiger partial charge is 0.487 e. The van der Waals surface area contributed by atoms with Crippen molar-refractivity contribution in [1.29, 1.82) is 0 Å². The lowest BCUT2D eigenvalue weighted by molar-refractivity contribution is 0.0697. The van der Waals surface area contributed by atoms with E-state index in [1.54, 1.807) is 49.4 Å². The van der Waals surface area contributed by atoms with Crippen LogP contribution in [-0.2, 0) is 16.6 Å². The first-order valence-electron chi connectivity index (χ1n) is 13.0. The molecule has 39 heavy (non-hydrogen) atoms. The normalized spacial score (nSPS) is 19.9. The van der Waals surface area contributed by atoms with Gasteiger partial charge in [-0.05, 0) is 67.4 Å². The summed E-state index contributed by atoms with van der Waals surface area (Å²) in [5, 5.41) is 19.1. The van der Waals surface area contributed by atoms with E-state index in [1.807, 2.05) is 45.2 Å². The Balaban J connectivity index is 1.69. The Morgan fingerprint density at radius 3 is 2.46 bits per heavy atom. The molecular weight excluding hydrogens is 516 g/mol. The molecular formula is C30H36N2O6S. The van der Waals surface area contributed by atoms with Gasteiger partial charge in [0, 0.05) is 31.6 Å². The zero-order valence-electron chi connectivity index (χ0n) is 22.7. The molecule has 0 saturated heterocycles. The smallest absolute Gasteiger partial charge is 0.335 e. The van der Waals surface area contributed by atoms with Crippen LogP contribution < -0.4 is 4.74 Å². The number of nitrogens with zero attached hydrogens (tertiary/aromatic N) is 2. The average Bonchev–Trinajstić information content (AvgIpc) is 2.90. The number of aryl methyl sites for hydroxylation is 1. The number of benzene rings is 3. The van der Waals surface area contributed by atoms with Gasteiger partial charge in [0.1, 0.15) is 16.7 Å². The van der Waals surface area contributed by atoms with Crippen LogP contribution in [-0.4, -0.2) is 72.7 Å². The number of carbonyl (C=O) groups is 1. The molecule has 0 unspecified atom stereocenters. The second kappa shape index (κ2) is 11.9. The number of sulfonamides is 1. The van der Waals surface area contributed by atoms with Crippen molar-refractivity contribution >= 4 is 16.0 Å². The monoisotopic (exact) mass is 552 g/mol. The highest BCUT2D eigenvalue weighted by Gasteiger charge is 2.38. The molecule has 1 aliphatic rings. The fraction of sp³-hybridized carbons (Fsp3) is 0.367. The maximum absolute atomic E-state index is 13.8. The van der Waals surface area contributed by atoms with Crippen molar-refractivity contribution < 1.29 is 28.2 Å². The van der Waals surface area contributed by atoms with Crippen LogP contribution in [0.15, 0.2) is 71.6 Å². The van der Waals surface area contributed by atoms with Gasteiger partial charge < -0.3 is 14.9 Å². The fourth-order valence-corrected chi connectivity index (χ4v) is 6.77. The molecule has 3 aromatic rings. The molecule has 0 saturated carbocycles. The van der Waals surface area contributed by atoms with Crippen molar-refractivity contribution in [3.05, 3.63) is 83.4 Å². The fourth-order valence-electron chi connectivity index (χ4n) is 4.94. The van der Waals surface area contributed by atoms with Gasteiger partial charge in [-0.2, -0.15) is 4.31 Å². The summed E-state index contributed by atoms with van der Waals surface area (Å²) in [6.07, 6.45) is -0.344. The third-order valence-electron chi connectivity index (χ3n) is 7.27. The van der Waals surface area contributed by atoms with Gasteiger partial charge in [0.2, 0.25) is 10.0 Å². The number of likely N-dealkylation sites (N-methyl/N-ethyl adjacent to an activating group) is 1. The number of carboxylic acid groups (broad SMARTS) is 1. The molecule has 2 N–H and O–H groups in total.